The molecule has 1 saturated carbocycles. The number of nitrogen functional groups attached to an aromatic ring is 1. The molecule has 0 unspecified atom stereocenters. The molecule has 1 aromatic carbocycles. The first-order valence-corrected chi connectivity index (χ1v) is 7.01. The standard InChI is InChI=1S/C15H19FN2O3/c16-10-4-5-12(17)11(8-10)14(21)18-15(9-13(19)20)6-2-1-3-7-15/h4-5,8H,1-3,6-7,9,17H2,(H,18,21)(H,19,20). The molecule has 0 bridgehead atoms. The molecule has 6 heteroatoms. The van der Waals surface area contributed by atoms with E-state index in [4.69, 9.17) is 10.8 Å². The number of hydrogen-bond acceptors (Lipinski definition) is 3. The highest BCUT2D eigenvalue weighted by atomic mass is 19.1. The topological polar surface area (TPSA) is 92.4 Å². The molecule has 1 aliphatic carbocycles. The molecule has 1 aromatic rings. The minimum absolute atomic E-state index is 0.0466. The molecular formula is C15H19FN2O3. The fourth-order valence-electron chi connectivity index (χ4n) is 2.90. The summed E-state index contributed by atoms with van der Waals surface area (Å²) in [5.41, 5.74) is 5.15. The summed E-state index contributed by atoms with van der Waals surface area (Å²) in [5.74, 6) is -2.02. The second kappa shape index (κ2) is 6.11. The van der Waals surface area contributed by atoms with Crippen molar-refractivity contribution in [1.29, 1.82) is 0 Å². The third-order valence-corrected chi connectivity index (χ3v) is 3.94. The van der Waals surface area contributed by atoms with E-state index in [-0.39, 0.29) is 17.7 Å². The number of nitrogens with one attached hydrogen (secondary N) is 1. The molecule has 0 aromatic heterocycles. The first kappa shape index (κ1) is 15.3. The number of carboxylic acids is 1. The van der Waals surface area contributed by atoms with E-state index in [0.29, 0.717) is 12.8 Å². The van der Waals surface area contributed by atoms with E-state index in [1.807, 2.05) is 0 Å². The van der Waals surface area contributed by atoms with Gasteiger partial charge in [-0.15, -0.1) is 0 Å². The number of rotatable bonds is 4. The summed E-state index contributed by atoms with van der Waals surface area (Å²) in [5, 5.41) is 11.9. The Hall–Kier alpha value is -2.11. The van der Waals surface area contributed by atoms with Gasteiger partial charge in [0.2, 0.25) is 0 Å². The molecule has 4 N–H and O–H groups in total. The van der Waals surface area contributed by atoms with Crippen LogP contribution < -0.4 is 11.1 Å². The number of halogens is 1. The Labute approximate surface area is 122 Å². The second-order valence-electron chi connectivity index (χ2n) is 5.60. The van der Waals surface area contributed by atoms with E-state index < -0.39 is 23.2 Å². The van der Waals surface area contributed by atoms with Crippen molar-refractivity contribution in [3.8, 4) is 0 Å². The van der Waals surface area contributed by atoms with Crippen LogP contribution in [0.15, 0.2) is 18.2 Å². The molecule has 21 heavy (non-hydrogen) atoms. The van der Waals surface area contributed by atoms with Crippen molar-refractivity contribution in [3.05, 3.63) is 29.6 Å². The van der Waals surface area contributed by atoms with Crippen LogP contribution in [0.5, 0.6) is 0 Å². The van der Waals surface area contributed by atoms with Gasteiger partial charge in [-0.05, 0) is 31.0 Å². The van der Waals surface area contributed by atoms with Crippen LogP contribution >= 0.6 is 0 Å². The number of hydrogen-bond donors (Lipinski definition) is 3. The highest BCUT2D eigenvalue weighted by Gasteiger charge is 2.36. The van der Waals surface area contributed by atoms with Crippen LogP contribution in [-0.2, 0) is 4.79 Å². The number of anilines is 1. The molecule has 1 amide bonds. The number of carbonyl (C=O) groups is 2. The summed E-state index contributed by atoms with van der Waals surface area (Å²) < 4.78 is 13.3. The highest BCUT2D eigenvalue weighted by Crippen LogP contribution is 2.31. The van der Waals surface area contributed by atoms with E-state index in [1.165, 1.54) is 12.1 Å². The molecule has 0 spiro atoms. The van der Waals surface area contributed by atoms with Crippen LogP contribution in [0.3, 0.4) is 0 Å². The maximum absolute atomic E-state index is 13.3. The van der Waals surface area contributed by atoms with Crippen molar-refractivity contribution in [2.75, 3.05) is 5.73 Å². The van der Waals surface area contributed by atoms with Crippen LogP contribution in [0.1, 0.15) is 48.9 Å². The number of amides is 1. The second-order valence-corrected chi connectivity index (χ2v) is 5.60. The lowest BCUT2D eigenvalue weighted by atomic mass is 9.79. The first-order valence-electron chi connectivity index (χ1n) is 7.01. The lowest BCUT2D eigenvalue weighted by Crippen LogP contribution is -2.51. The van der Waals surface area contributed by atoms with E-state index >= 15 is 0 Å². The third kappa shape index (κ3) is 3.71. The maximum Gasteiger partial charge on any atom is 0.305 e. The molecule has 0 heterocycles. The zero-order chi connectivity index (χ0) is 15.5. The van der Waals surface area contributed by atoms with Gasteiger partial charge in [0.1, 0.15) is 5.82 Å². The maximum atomic E-state index is 13.3. The normalized spacial score (nSPS) is 17.2. The quantitative estimate of drug-likeness (QED) is 0.743. The number of nitrogens with two attached hydrogens (primary N) is 1. The van der Waals surface area contributed by atoms with Crippen LogP contribution in [0.2, 0.25) is 0 Å². The predicted octanol–water partition coefficient (Wildman–Crippen LogP) is 2.32. The minimum Gasteiger partial charge on any atom is -0.481 e. The number of benzene rings is 1. The first-order chi connectivity index (χ1) is 9.92. The average molecular weight is 294 g/mol. The van der Waals surface area contributed by atoms with Crippen molar-refractivity contribution >= 4 is 17.6 Å². The van der Waals surface area contributed by atoms with Crippen LogP contribution in [-0.4, -0.2) is 22.5 Å². The van der Waals surface area contributed by atoms with Gasteiger partial charge in [-0.25, -0.2) is 4.39 Å². The average Bonchev–Trinajstić information content (AvgIpc) is 2.41. The van der Waals surface area contributed by atoms with Gasteiger partial charge < -0.3 is 16.2 Å². The number of carboxylic acid groups (broad SMARTS) is 1. The smallest absolute Gasteiger partial charge is 0.305 e. The van der Waals surface area contributed by atoms with Gasteiger partial charge in [0.25, 0.3) is 5.91 Å². The van der Waals surface area contributed by atoms with Crippen molar-refractivity contribution in [2.45, 2.75) is 44.1 Å². The zero-order valence-electron chi connectivity index (χ0n) is 11.7. The van der Waals surface area contributed by atoms with E-state index in [2.05, 4.69) is 5.32 Å². The summed E-state index contributed by atoms with van der Waals surface area (Å²) >= 11 is 0. The van der Waals surface area contributed by atoms with Gasteiger partial charge in [-0.3, -0.25) is 9.59 Å². The molecule has 2 rings (SSSR count). The predicted molar refractivity (Wildman–Crippen MR) is 76.3 cm³/mol. The van der Waals surface area contributed by atoms with E-state index in [0.717, 1.165) is 25.3 Å². The minimum atomic E-state index is -0.954. The lowest BCUT2D eigenvalue weighted by Gasteiger charge is -2.37. The Morgan fingerprint density at radius 3 is 2.57 bits per heavy atom. The fourth-order valence-corrected chi connectivity index (χ4v) is 2.90. The van der Waals surface area contributed by atoms with Gasteiger partial charge >= 0.3 is 5.97 Å². The van der Waals surface area contributed by atoms with Crippen molar-refractivity contribution < 1.29 is 19.1 Å². The van der Waals surface area contributed by atoms with Crippen LogP contribution in [0, 0.1) is 5.82 Å². The van der Waals surface area contributed by atoms with Gasteiger partial charge in [0, 0.05) is 5.69 Å². The zero-order valence-corrected chi connectivity index (χ0v) is 11.7. The van der Waals surface area contributed by atoms with Gasteiger partial charge in [0.05, 0.1) is 17.5 Å². The van der Waals surface area contributed by atoms with E-state index in [9.17, 15) is 14.0 Å². The molecule has 5 nitrogen and oxygen atoms in total. The molecule has 0 radical (unpaired) electrons. The van der Waals surface area contributed by atoms with Crippen LogP contribution in [0.25, 0.3) is 0 Å². The highest BCUT2D eigenvalue weighted by molar-refractivity contribution is 5.99. The van der Waals surface area contributed by atoms with Gasteiger partial charge in [-0.1, -0.05) is 19.3 Å². The SMILES string of the molecule is Nc1ccc(F)cc1C(=O)NC1(CC(=O)O)CCCCC1. The summed E-state index contributed by atoms with van der Waals surface area (Å²) in [6.07, 6.45) is 3.85. The lowest BCUT2D eigenvalue weighted by molar-refractivity contribution is -0.139. The summed E-state index contributed by atoms with van der Waals surface area (Å²) in [7, 11) is 0. The summed E-state index contributed by atoms with van der Waals surface area (Å²) in [4.78, 5) is 23.4. The Bertz CT molecular complexity index is 554. The van der Waals surface area contributed by atoms with Gasteiger partial charge in [-0.2, -0.15) is 0 Å². The Balaban J connectivity index is 2.21. The molecular weight excluding hydrogens is 275 g/mol. The molecule has 0 saturated heterocycles. The largest absolute Gasteiger partial charge is 0.481 e. The number of carbonyl (C=O) groups excluding carboxylic acids is 1. The Morgan fingerprint density at radius 1 is 1.29 bits per heavy atom. The molecule has 1 aliphatic rings. The third-order valence-electron chi connectivity index (χ3n) is 3.94. The summed E-state index contributed by atoms with van der Waals surface area (Å²) in [6.45, 7) is 0. The fraction of sp³-hybridized carbons (Fsp3) is 0.467. The van der Waals surface area contributed by atoms with E-state index in [1.54, 1.807) is 0 Å². The monoisotopic (exact) mass is 294 g/mol. The van der Waals surface area contributed by atoms with Crippen molar-refractivity contribution in [2.24, 2.45) is 0 Å². The molecule has 0 aliphatic heterocycles. The van der Waals surface area contributed by atoms with Crippen molar-refractivity contribution in [1.82, 2.24) is 5.32 Å². The molecule has 114 valence electrons. The van der Waals surface area contributed by atoms with Crippen LogP contribution in [0.4, 0.5) is 10.1 Å². The Morgan fingerprint density at radius 2 is 1.95 bits per heavy atom. The molecule has 1 fully saturated rings. The van der Waals surface area contributed by atoms with Gasteiger partial charge in [0.15, 0.2) is 0 Å². The van der Waals surface area contributed by atoms with Crippen molar-refractivity contribution in [3.63, 3.8) is 0 Å². The molecule has 0 atom stereocenters. The summed E-state index contributed by atoms with van der Waals surface area (Å²) in [6, 6.07) is 3.58. The Kier molecular flexibility index (Phi) is 4.45. The number of aliphatic carboxylic acids is 1.